The number of hydrogen-bond acceptors (Lipinski definition) is 3. The lowest BCUT2D eigenvalue weighted by Crippen LogP contribution is -2.10. The third-order valence-electron chi connectivity index (χ3n) is 4.66. The summed E-state index contributed by atoms with van der Waals surface area (Å²) in [5.74, 6) is -0.591. The average molecular weight is 396 g/mol. The van der Waals surface area contributed by atoms with Gasteiger partial charge in [-0.25, -0.2) is 4.98 Å². The summed E-state index contributed by atoms with van der Waals surface area (Å²) in [4.78, 5) is 15.7. The van der Waals surface area contributed by atoms with Gasteiger partial charge in [0.1, 0.15) is 5.69 Å². The maximum atomic E-state index is 12.9. The van der Waals surface area contributed by atoms with E-state index in [1.165, 1.54) is 6.07 Å². The molecule has 29 heavy (non-hydrogen) atoms. The standard InChI is InChI=1S/C21H15F3N4O/c1-11-8-12(2-5-15(11)18-10-19(20(25)29)28-27-18)16-6-3-13-9-14(21(22,23)24)4-7-17(13)26-16/h2-10H,1H3,(H2,25,29)(H,27,28). The lowest BCUT2D eigenvalue weighted by atomic mass is 10.00. The van der Waals surface area contributed by atoms with Gasteiger partial charge in [-0.05, 0) is 48.9 Å². The van der Waals surface area contributed by atoms with Crippen LogP contribution >= 0.6 is 0 Å². The Kier molecular flexibility index (Phi) is 4.34. The molecule has 0 aliphatic heterocycles. The number of alkyl halides is 3. The lowest BCUT2D eigenvalue weighted by molar-refractivity contribution is -0.137. The van der Waals surface area contributed by atoms with E-state index in [4.69, 9.17) is 5.73 Å². The molecule has 2 heterocycles. The molecule has 0 saturated carbocycles. The maximum Gasteiger partial charge on any atom is 0.416 e. The van der Waals surface area contributed by atoms with Crippen LogP contribution in [0.3, 0.4) is 0 Å². The highest BCUT2D eigenvalue weighted by atomic mass is 19.4. The van der Waals surface area contributed by atoms with Gasteiger partial charge in [0.05, 0.1) is 22.5 Å². The van der Waals surface area contributed by atoms with E-state index in [0.29, 0.717) is 22.3 Å². The Morgan fingerprint density at radius 3 is 2.45 bits per heavy atom. The lowest BCUT2D eigenvalue weighted by Gasteiger charge is -2.10. The first-order chi connectivity index (χ1) is 13.7. The summed E-state index contributed by atoms with van der Waals surface area (Å²) in [7, 11) is 0. The van der Waals surface area contributed by atoms with Gasteiger partial charge in [0, 0.05) is 16.5 Å². The monoisotopic (exact) mass is 396 g/mol. The van der Waals surface area contributed by atoms with Crippen molar-refractivity contribution in [2.24, 2.45) is 5.73 Å². The van der Waals surface area contributed by atoms with Crippen LogP contribution in [0.4, 0.5) is 13.2 Å². The fourth-order valence-electron chi connectivity index (χ4n) is 3.16. The van der Waals surface area contributed by atoms with Gasteiger partial charge in [-0.3, -0.25) is 9.89 Å². The third kappa shape index (κ3) is 3.56. The fourth-order valence-corrected chi connectivity index (χ4v) is 3.16. The van der Waals surface area contributed by atoms with Crippen LogP contribution in [0.5, 0.6) is 0 Å². The zero-order chi connectivity index (χ0) is 20.8. The van der Waals surface area contributed by atoms with Crippen molar-refractivity contribution in [2.45, 2.75) is 13.1 Å². The topological polar surface area (TPSA) is 84.7 Å². The average Bonchev–Trinajstić information content (AvgIpc) is 3.16. The van der Waals surface area contributed by atoms with Crippen molar-refractivity contribution in [3.8, 4) is 22.5 Å². The van der Waals surface area contributed by atoms with Gasteiger partial charge in [0.15, 0.2) is 0 Å². The molecule has 4 aromatic rings. The Bertz CT molecular complexity index is 1240. The zero-order valence-corrected chi connectivity index (χ0v) is 15.2. The number of carbonyl (C=O) groups is 1. The molecular formula is C21H15F3N4O. The van der Waals surface area contributed by atoms with Crippen molar-refractivity contribution in [3.05, 3.63) is 71.4 Å². The minimum atomic E-state index is -4.39. The van der Waals surface area contributed by atoms with Crippen LogP contribution in [0.25, 0.3) is 33.4 Å². The Balaban J connectivity index is 1.70. The Morgan fingerprint density at radius 1 is 1.00 bits per heavy atom. The van der Waals surface area contributed by atoms with Crippen LogP contribution in [-0.4, -0.2) is 21.1 Å². The van der Waals surface area contributed by atoms with Crippen LogP contribution in [0.2, 0.25) is 0 Å². The molecule has 0 bridgehead atoms. The zero-order valence-electron chi connectivity index (χ0n) is 15.2. The summed E-state index contributed by atoms with van der Waals surface area (Å²) < 4.78 is 38.6. The van der Waals surface area contributed by atoms with Crippen LogP contribution in [0, 0.1) is 6.92 Å². The number of nitrogens with two attached hydrogens (primary N) is 1. The van der Waals surface area contributed by atoms with Crippen LogP contribution in [-0.2, 0) is 6.18 Å². The minimum absolute atomic E-state index is 0.220. The van der Waals surface area contributed by atoms with E-state index in [0.717, 1.165) is 28.8 Å². The molecule has 146 valence electrons. The molecule has 0 aliphatic carbocycles. The third-order valence-corrected chi connectivity index (χ3v) is 4.66. The molecule has 2 aromatic heterocycles. The number of pyridine rings is 1. The first kappa shape index (κ1) is 18.7. The number of primary amides is 1. The number of carbonyl (C=O) groups excluding carboxylic acids is 1. The number of fused-ring (bicyclic) bond motifs is 1. The van der Waals surface area contributed by atoms with E-state index in [1.807, 2.05) is 25.1 Å². The number of hydrogen-bond donors (Lipinski definition) is 2. The summed E-state index contributed by atoms with van der Waals surface area (Å²) >= 11 is 0. The number of H-pyrrole nitrogens is 1. The smallest absolute Gasteiger partial charge is 0.364 e. The second-order valence-electron chi connectivity index (χ2n) is 6.66. The Labute approximate surface area is 163 Å². The molecule has 3 N–H and O–H groups in total. The molecule has 0 unspecified atom stereocenters. The number of amides is 1. The van der Waals surface area contributed by atoms with Crippen molar-refractivity contribution in [2.75, 3.05) is 0 Å². The number of aromatic nitrogens is 3. The number of rotatable bonds is 3. The van der Waals surface area contributed by atoms with Gasteiger partial charge in [-0.2, -0.15) is 18.3 Å². The van der Waals surface area contributed by atoms with E-state index in [-0.39, 0.29) is 5.69 Å². The minimum Gasteiger partial charge on any atom is -0.364 e. The molecule has 2 aromatic carbocycles. The molecule has 0 atom stereocenters. The maximum absolute atomic E-state index is 12.9. The highest BCUT2D eigenvalue weighted by Crippen LogP contribution is 2.32. The van der Waals surface area contributed by atoms with Crippen molar-refractivity contribution < 1.29 is 18.0 Å². The van der Waals surface area contributed by atoms with Gasteiger partial charge in [0.2, 0.25) is 0 Å². The molecule has 0 aliphatic rings. The molecule has 0 saturated heterocycles. The number of nitrogens with one attached hydrogen (secondary N) is 1. The second-order valence-corrected chi connectivity index (χ2v) is 6.66. The Hall–Kier alpha value is -3.68. The number of benzene rings is 2. The van der Waals surface area contributed by atoms with Gasteiger partial charge in [-0.1, -0.05) is 18.2 Å². The van der Waals surface area contributed by atoms with Gasteiger partial charge < -0.3 is 5.73 Å². The second kappa shape index (κ2) is 6.73. The largest absolute Gasteiger partial charge is 0.416 e. The van der Waals surface area contributed by atoms with Crippen molar-refractivity contribution in [3.63, 3.8) is 0 Å². The highest BCUT2D eigenvalue weighted by molar-refractivity contribution is 5.92. The van der Waals surface area contributed by atoms with E-state index >= 15 is 0 Å². The van der Waals surface area contributed by atoms with Gasteiger partial charge >= 0.3 is 6.18 Å². The van der Waals surface area contributed by atoms with E-state index in [9.17, 15) is 18.0 Å². The van der Waals surface area contributed by atoms with Crippen LogP contribution in [0.1, 0.15) is 21.6 Å². The first-order valence-corrected chi connectivity index (χ1v) is 8.67. The van der Waals surface area contributed by atoms with E-state index < -0.39 is 17.6 Å². The summed E-state index contributed by atoms with van der Waals surface area (Å²) in [6, 6.07) is 14.0. The van der Waals surface area contributed by atoms with Gasteiger partial charge in [0.25, 0.3) is 5.91 Å². The molecule has 1 amide bonds. The van der Waals surface area contributed by atoms with Crippen LogP contribution < -0.4 is 5.73 Å². The van der Waals surface area contributed by atoms with Crippen molar-refractivity contribution in [1.29, 1.82) is 0 Å². The van der Waals surface area contributed by atoms with Crippen LogP contribution in [0.15, 0.2) is 54.6 Å². The van der Waals surface area contributed by atoms with E-state index in [1.54, 1.807) is 18.2 Å². The number of aromatic amines is 1. The first-order valence-electron chi connectivity index (χ1n) is 8.67. The Morgan fingerprint density at radius 2 is 1.79 bits per heavy atom. The summed E-state index contributed by atoms with van der Waals surface area (Å²) in [5.41, 5.74) is 9.03. The quantitative estimate of drug-likeness (QED) is 0.526. The summed E-state index contributed by atoms with van der Waals surface area (Å²) in [5, 5.41) is 7.13. The molecule has 0 radical (unpaired) electrons. The molecule has 0 spiro atoms. The predicted octanol–water partition coefficient (Wildman–Crippen LogP) is 4.72. The van der Waals surface area contributed by atoms with Crippen molar-refractivity contribution in [1.82, 2.24) is 15.2 Å². The summed E-state index contributed by atoms with van der Waals surface area (Å²) in [6.45, 7) is 1.90. The molecule has 8 heteroatoms. The van der Waals surface area contributed by atoms with E-state index in [2.05, 4.69) is 15.2 Å². The SMILES string of the molecule is Cc1cc(-c2ccc3cc(C(F)(F)F)ccc3n2)ccc1-c1cc(C(N)=O)[nH]n1. The molecular weight excluding hydrogens is 381 g/mol. The fraction of sp³-hybridized carbons (Fsp3) is 0.0952. The number of aryl methyl sites for hydroxylation is 1. The molecule has 5 nitrogen and oxygen atoms in total. The molecule has 4 rings (SSSR count). The highest BCUT2D eigenvalue weighted by Gasteiger charge is 2.30. The number of nitrogens with zero attached hydrogens (tertiary/aromatic N) is 2. The van der Waals surface area contributed by atoms with Gasteiger partial charge in [-0.15, -0.1) is 0 Å². The van der Waals surface area contributed by atoms with Crippen molar-refractivity contribution >= 4 is 16.8 Å². The summed E-state index contributed by atoms with van der Waals surface area (Å²) in [6.07, 6.45) is -4.39. The predicted molar refractivity (Wildman–Crippen MR) is 103 cm³/mol. The molecule has 0 fully saturated rings. The normalized spacial score (nSPS) is 11.7. The number of halogens is 3.